The Labute approximate surface area is 272 Å². The fourth-order valence-electron chi connectivity index (χ4n) is 5.83. The van der Waals surface area contributed by atoms with Gasteiger partial charge in [-0.2, -0.15) is 14.5 Å². The van der Waals surface area contributed by atoms with Crippen molar-refractivity contribution in [3.8, 4) is 0 Å². The molecule has 0 aliphatic carbocycles. The maximum absolute atomic E-state index is 13.5. The normalized spacial score (nSPS) is 14.5. The number of nitrogens with one attached hydrogen (secondary N) is 1. The second-order valence-electron chi connectivity index (χ2n) is 10.9. The van der Waals surface area contributed by atoms with Crippen LogP contribution in [0.15, 0.2) is 102 Å². The number of piperidine rings is 1. The van der Waals surface area contributed by atoms with Crippen LogP contribution in [-0.2, 0) is 14.8 Å². The van der Waals surface area contributed by atoms with Crippen molar-refractivity contribution >= 4 is 55.8 Å². The molecule has 0 spiro atoms. The fourth-order valence-corrected chi connectivity index (χ4v) is 7.73. The standard InChI is InChI=1S/C34H30Cl2N4O4S/c1-44-34(41)28-4-2-3-5-32(28)45(42,43)40-18-16-27(17-19-40)38-31-21-37-39-30-15-10-24(20-29(30)31)33(22-6-11-25(35)12-7-22)23-8-13-26(36)14-9-23/h2-15,20-21,27,33H,16-19H2,1H3,(H,38,39). The Balaban J connectivity index is 1.26. The van der Waals surface area contributed by atoms with E-state index in [4.69, 9.17) is 27.9 Å². The minimum Gasteiger partial charge on any atom is -0.465 e. The highest BCUT2D eigenvalue weighted by Gasteiger charge is 2.32. The average molecular weight is 662 g/mol. The van der Waals surface area contributed by atoms with E-state index in [0.29, 0.717) is 36.0 Å². The van der Waals surface area contributed by atoms with Gasteiger partial charge in [-0.15, -0.1) is 0 Å². The number of benzene rings is 4. The summed E-state index contributed by atoms with van der Waals surface area (Å²) >= 11 is 12.4. The Morgan fingerprint density at radius 1 is 0.889 bits per heavy atom. The highest BCUT2D eigenvalue weighted by molar-refractivity contribution is 7.89. The third kappa shape index (κ3) is 6.53. The molecule has 2 heterocycles. The Bertz CT molecular complexity index is 1900. The first-order valence-electron chi connectivity index (χ1n) is 14.4. The zero-order chi connectivity index (χ0) is 31.6. The number of aromatic nitrogens is 2. The zero-order valence-corrected chi connectivity index (χ0v) is 26.7. The quantitative estimate of drug-likeness (QED) is 0.139. The summed E-state index contributed by atoms with van der Waals surface area (Å²) in [6, 6.07) is 28.0. The van der Waals surface area contributed by atoms with E-state index < -0.39 is 16.0 Å². The molecule has 1 N–H and O–H groups in total. The van der Waals surface area contributed by atoms with Crippen LogP contribution in [-0.4, -0.2) is 55.1 Å². The Morgan fingerprint density at radius 3 is 2.11 bits per heavy atom. The third-order valence-electron chi connectivity index (χ3n) is 8.13. The van der Waals surface area contributed by atoms with Gasteiger partial charge < -0.3 is 10.1 Å². The van der Waals surface area contributed by atoms with Gasteiger partial charge in [0.1, 0.15) is 0 Å². The first kappa shape index (κ1) is 31.0. The number of ether oxygens (including phenoxy) is 1. The number of hydrogen-bond donors (Lipinski definition) is 1. The topological polar surface area (TPSA) is 101 Å². The van der Waals surface area contributed by atoms with Gasteiger partial charge in [-0.25, -0.2) is 13.2 Å². The maximum atomic E-state index is 13.5. The van der Waals surface area contributed by atoms with Crippen LogP contribution in [0.3, 0.4) is 0 Å². The molecule has 1 saturated heterocycles. The van der Waals surface area contributed by atoms with E-state index in [1.807, 2.05) is 54.6 Å². The van der Waals surface area contributed by atoms with E-state index in [1.165, 1.54) is 23.5 Å². The molecule has 0 bridgehead atoms. The minimum atomic E-state index is -3.89. The second kappa shape index (κ2) is 13.1. The van der Waals surface area contributed by atoms with Gasteiger partial charge in [0.05, 0.1) is 35.0 Å². The molecule has 0 unspecified atom stereocenters. The molecule has 0 saturated carbocycles. The molecular formula is C34H30Cl2N4O4S. The van der Waals surface area contributed by atoms with Gasteiger partial charge in [0.15, 0.2) is 0 Å². The van der Waals surface area contributed by atoms with Gasteiger partial charge in [0, 0.05) is 40.5 Å². The average Bonchev–Trinajstić information content (AvgIpc) is 3.06. The number of methoxy groups -OCH3 is 1. The predicted octanol–water partition coefficient (Wildman–Crippen LogP) is 7.17. The summed E-state index contributed by atoms with van der Waals surface area (Å²) in [5.74, 6) is -0.761. The maximum Gasteiger partial charge on any atom is 0.339 e. The fraction of sp³-hybridized carbons (Fsp3) is 0.206. The minimum absolute atomic E-state index is 0.00619. The number of nitrogens with zero attached hydrogens (tertiary/aromatic N) is 3. The summed E-state index contributed by atoms with van der Waals surface area (Å²) in [6.45, 7) is 0.596. The number of carbonyl (C=O) groups excluding carboxylic acids is 1. The van der Waals surface area contributed by atoms with E-state index in [1.54, 1.807) is 18.3 Å². The summed E-state index contributed by atoms with van der Waals surface area (Å²) < 4.78 is 33.2. The van der Waals surface area contributed by atoms with Gasteiger partial charge in [0.2, 0.25) is 10.0 Å². The smallest absolute Gasteiger partial charge is 0.339 e. The van der Waals surface area contributed by atoms with Crippen LogP contribution in [0.2, 0.25) is 10.0 Å². The zero-order valence-electron chi connectivity index (χ0n) is 24.4. The van der Waals surface area contributed by atoms with Crippen LogP contribution in [0.25, 0.3) is 10.9 Å². The molecule has 230 valence electrons. The van der Waals surface area contributed by atoms with Gasteiger partial charge >= 0.3 is 5.97 Å². The van der Waals surface area contributed by atoms with Crippen molar-refractivity contribution in [3.05, 3.63) is 129 Å². The van der Waals surface area contributed by atoms with Crippen molar-refractivity contribution in [1.82, 2.24) is 14.5 Å². The van der Waals surface area contributed by atoms with Gasteiger partial charge in [-0.3, -0.25) is 0 Å². The first-order valence-corrected chi connectivity index (χ1v) is 16.6. The Kier molecular flexibility index (Phi) is 9.05. The van der Waals surface area contributed by atoms with Crippen LogP contribution in [0.1, 0.15) is 45.8 Å². The highest BCUT2D eigenvalue weighted by atomic mass is 35.5. The van der Waals surface area contributed by atoms with Crippen molar-refractivity contribution in [2.24, 2.45) is 0 Å². The lowest BCUT2D eigenvalue weighted by molar-refractivity contribution is 0.0596. The SMILES string of the molecule is COC(=O)c1ccccc1S(=O)(=O)N1CCC(Nc2cnnc3ccc(C(c4ccc(Cl)cc4)c4ccc(Cl)cc4)cc23)CC1. The van der Waals surface area contributed by atoms with Gasteiger partial charge in [0.25, 0.3) is 0 Å². The highest BCUT2D eigenvalue weighted by Crippen LogP contribution is 2.36. The summed E-state index contributed by atoms with van der Waals surface area (Å²) in [7, 11) is -2.65. The molecule has 4 aromatic carbocycles. The molecule has 8 nitrogen and oxygen atoms in total. The van der Waals surface area contributed by atoms with Crippen molar-refractivity contribution < 1.29 is 17.9 Å². The van der Waals surface area contributed by atoms with Crippen LogP contribution in [0.5, 0.6) is 0 Å². The Morgan fingerprint density at radius 2 is 1.49 bits per heavy atom. The molecule has 5 aromatic rings. The largest absolute Gasteiger partial charge is 0.465 e. The van der Waals surface area contributed by atoms with E-state index in [-0.39, 0.29) is 22.4 Å². The second-order valence-corrected chi connectivity index (χ2v) is 13.7. The number of hydrogen-bond acceptors (Lipinski definition) is 7. The van der Waals surface area contributed by atoms with E-state index in [2.05, 4.69) is 27.6 Å². The van der Waals surface area contributed by atoms with Crippen molar-refractivity contribution in [2.45, 2.75) is 29.7 Å². The molecule has 1 aromatic heterocycles. The third-order valence-corrected chi connectivity index (χ3v) is 10.6. The lowest BCUT2D eigenvalue weighted by Gasteiger charge is -2.32. The number of anilines is 1. The molecule has 0 atom stereocenters. The molecule has 0 radical (unpaired) electrons. The lowest BCUT2D eigenvalue weighted by atomic mass is 9.84. The van der Waals surface area contributed by atoms with Crippen LogP contribution in [0.4, 0.5) is 5.69 Å². The number of carbonyl (C=O) groups is 1. The first-order chi connectivity index (χ1) is 21.7. The molecular weight excluding hydrogens is 631 g/mol. The summed E-state index contributed by atoms with van der Waals surface area (Å²) in [5.41, 5.74) is 4.83. The molecule has 6 rings (SSSR count). The molecule has 1 aliphatic rings. The molecule has 0 amide bonds. The number of rotatable bonds is 8. The number of fused-ring (bicyclic) bond motifs is 1. The van der Waals surface area contributed by atoms with E-state index >= 15 is 0 Å². The van der Waals surface area contributed by atoms with Gasteiger partial charge in [-0.1, -0.05) is 65.7 Å². The summed E-state index contributed by atoms with van der Waals surface area (Å²) in [4.78, 5) is 12.2. The van der Waals surface area contributed by atoms with Crippen LogP contribution >= 0.6 is 23.2 Å². The molecule has 45 heavy (non-hydrogen) atoms. The van der Waals surface area contributed by atoms with Crippen molar-refractivity contribution in [1.29, 1.82) is 0 Å². The van der Waals surface area contributed by atoms with Crippen molar-refractivity contribution in [2.75, 3.05) is 25.5 Å². The number of esters is 1. The molecule has 1 aliphatic heterocycles. The summed E-state index contributed by atoms with van der Waals surface area (Å²) in [6.07, 6.45) is 2.85. The van der Waals surface area contributed by atoms with Gasteiger partial charge in [-0.05, 0) is 78.1 Å². The number of halogens is 2. The van der Waals surface area contributed by atoms with Crippen molar-refractivity contribution in [3.63, 3.8) is 0 Å². The van der Waals surface area contributed by atoms with E-state index in [0.717, 1.165) is 33.3 Å². The molecule has 1 fully saturated rings. The van der Waals surface area contributed by atoms with Crippen LogP contribution < -0.4 is 5.32 Å². The number of sulfonamides is 1. The van der Waals surface area contributed by atoms with Crippen LogP contribution in [0, 0.1) is 0 Å². The lowest BCUT2D eigenvalue weighted by Crippen LogP contribution is -2.42. The van der Waals surface area contributed by atoms with E-state index in [9.17, 15) is 13.2 Å². The summed E-state index contributed by atoms with van der Waals surface area (Å²) in [5, 5.41) is 14.4. The molecule has 11 heteroatoms. The predicted molar refractivity (Wildman–Crippen MR) is 177 cm³/mol. The Hall–Kier alpha value is -4.02. The monoisotopic (exact) mass is 660 g/mol.